The number of benzene rings is 8. The first kappa shape index (κ1) is 30.8. The van der Waals surface area contributed by atoms with Crippen LogP contribution < -0.4 is 0 Å². The van der Waals surface area contributed by atoms with Gasteiger partial charge in [0.1, 0.15) is 0 Å². The minimum atomic E-state index is 0.544. The molecule has 0 aliphatic heterocycles. The third-order valence-corrected chi connectivity index (χ3v) is 9.62. The van der Waals surface area contributed by atoms with Gasteiger partial charge in [0, 0.05) is 16.7 Å². The van der Waals surface area contributed by atoms with Crippen LogP contribution in [0.15, 0.2) is 182 Å². The molecule has 1 heterocycles. The van der Waals surface area contributed by atoms with Crippen molar-refractivity contribution in [2.24, 2.45) is 0 Å². The van der Waals surface area contributed by atoms with Gasteiger partial charge in [0.2, 0.25) is 0 Å². The van der Waals surface area contributed by atoms with E-state index in [1.54, 1.807) is 12.1 Å². The zero-order valence-corrected chi connectivity index (χ0v) is 28.1. The molecule has 9 rings (SSSR count). The highest BCUT2D eigenvalue weighted by Crippen LogP contribution is 2.41. The Morgan fingerprint density at radius 2 is 0.692 bits per heavy atom. The van der Waals surface area contributed by atoms with E-state index in [4.69, 9.17) is 15.0 Å². The molecular formula is C48H30N4. The van der Waals surface area contributed by atoms with Gasteiger partial charge in [0.15, 0.2) is 17.5 Å². The zero-order chi connectivity index (χ0) is 34.9. The van der Waals surface area contributed by atoms with Gasteiger partial charge in [-0.3, -0.25) is 0 Å². The maximum atomic E-state index is 9.46. The second-order valence-electron chi connectivity index (χ2n) is 12.7. The van der Waals surface area contributed by atoms with Crippen LogP contribution in [0.5, 0.6) is 0 Å². The summed E-state index contributed by atoms with van der Waals surface area (Å²) < 4.78 is 0. The molecule has 0 bridgehead atoms. The molecule has 0 saturated heterocycles. The average Bonchev–Trinajstić information content (AvgIpc) is 3.23. The van der Waals surface area contributed by atoms with Crippen molar-refractivity contribution < 1.29 is 0 Å². The molecule has 0 N–H and O–H groups in total. The van der Waals surface area contributed by atoms with E-state index in [2.05, 4.69) is 133 Å². The largest absolute Gasteiger partial charge is 0.208 e. The summed E-state index contributed by atoms with van der Waals surface area (Å²) in [6.45, 7) is 0. The van der Waals surface area contributed by atoms with Gasteiger partial charge in [-0.05, 0) is 85.3 Å². The minimum absolute atomic E-state index is 0.544. The van der Waals surface area contributed by atoms with Crippen molar-refractivity contribution in [1.82, 2.24) is 15.0 Å². The SMILES string of the molecule is N#Cc1ccc(-c2nc(-c3ccccc3-c3ccccc3)nc(-c3ccc(-c4ccc(-c5ccccc5)c5ccccc45)c4ccccc34)n2)cc1. The lowest BCUT2D eigenvalue weighted by Gasteiger charge is -2.16. The molecule has 0 fully saturated rings. The Morgan fingerprint density at radius 3 is 1.27 bits per heavy atom. The average molecular weight is 663 g/mol. The van der Waals surface area contributed by atoms with Crippen molar-refractivity contribution in [3.05, 3.63) is 188 Å². The van der Waals surface area contributed by atoms with Crippen LogP contribution in [-0.4, -0.2) is 15.0 Å². The Labute approximate surface area is 302 Å². The van der Waals surface area contributed by atoms with Gasteiger partial charge in [-0.1, -0.05) is 152 Å². The second-order valence-corrected chi connectivity index (χ2v) is 12.7. The summed E-state index contributed by atoms with van der Waals surface area (Å²) in [4.78, 5) is 15.3. The van der Waals surface area contributed by atoms with E-state index in [1.807, 2.05) is 42.5 Å². The molecule has 242 valence electrons. The lowest BCUT2D eigenvalue weighted by Crippen LogP contribution is -2.01. The van der Waals surface area contributed by atoms with Crippen LogP contribution >= 0.6 is 0 Å². The Morgan fingerprint density at radius 1 is 0.288 bits per heavy atom. The molecule has 4 nitrogen and oxygen atoms in total. The summed E-state index contributed by atoms with van der Waals surface area (Å²) in [7, 11) is 0. The van der Waals surface area contributed by atoms with Crippen molar-refractivity contribution >= 4 is 21.5 Å². The van der Waals surface area contributed by atoms with Crippen LogP contribution in [0.3, 0.4) is 0 Å². The van der Waals surface area contributed by atoms with Crippen LogP contribution in [0.4, 0.5) is 0 Å². The highest BCUT2D eigenvalue weighted by Gasteiger charge is 2.19. The maximum Gasteiger partial charge on any atom is 0.164 e. The van der Waals surface area contributed by atoms with Crippen molar-refractivity contribution in [3.63, 3.8) is 0 Å². The first-order chi connectivity index (χ1) is 25.7. The number of hydrogen-bond donors (Lipinski definition) is 0. The summed E-state index contributed by atoms with van der Waals surface area (Å²) in [5, 5.41) is 14.0. The summed E-state index contributed by atoms with van der Waals surface area (Å²) in [5.41, 5.74) is 10.1. The van der Waals surface area contributed by atoms with Crippen molar-refractivity contribution in [3.8, 4) is 73.6 Å². The number of aromatic nitrogens is 3. The van der Waals surface area contributed by atoms with Crippen molar-refractivity contribution in [2.45, 2.75) is 0 Å². The fraction of sp³-hybridized carbons (Fsp3) is 0. The van der Waals surface area contributed by atoms with Crippen LogP contribution in [0.1, 0.15) is 5.56 Å². The van der Waals surface area contributed by atoms with Crippen molar-refractivity contribution in [2.75, 3.05) is 0 Å². The molecule has 0 atom stereocenters. The fourth-order valence-corrected chi connectivity index (χ4v) is 7.12. The molecule has 0 spiro atoms. The van der Waals surface area contributed by atoms with Crippen LogP contribution in [0, 0.1) is 11.3 Å². The second kappa shape index (κ2) is 13.2. The normalized spacial score (nSPS) is 11.1. The molecule has 0 amide bonds. The quantitative estimate of drug-likeness (QED) is 0.178. The number of nitrogens with zero attached hydrogens (tertiary/aromatic N) is 4. The number of rotatable bonds is 6. The predicted molar refractivity (Wildman–Crippen MR) is 212 cm³/mol. The van der Waals surface area contributed by atoms with E-state index >= 15 is 0 Å². The van der Waals surface area contributed by atoms with Gasteiger partial charge in [0.05, 0.1) is 11.6 Å². The third-order valence-electron chi connectivity index (χ3n) is 9.62. The summed E-state index contributed by atoms with van der Waals surface area (Å²) in [5.74, 6) is 1.71. The van der Waals surface area contributed by atoms with Gasteiger partial charge in [-0.15, -0.1) is 0 Å². The molecule has 1 aromatic heterocycles. The molecule has 0 radical (unpaired) electrons. The van der Waals surface area contributed by atoms with Gasteiger partial charge in [-0.25, -0.2) is 15.0 Å². The monoisotopic (exact) mass is 662 g/mol. The lowest BCUT2D eigenvalue weighted by atomic mass is 9.89. The van der Waals surface area contributed by atoms with Crippen molar-refractivity contribution in [1.29, 1.82) is 5.26 Å². The smallest absolute Gasteiger partial charge is 0.164 e. The molecule has 9 aromatic rings. The van der Waals surface area contributed by atoms with E-state index in [0.717, 1.165) is 44.2 Å². The topological polar surface area (TPSA) is 62.5 Å². The first-order valence-corrected chi connectivity index (χ1v) is 17.3. The molecule has 8 aromatic carbocycles. The molecule has 0 unspecified atom stereocenters. The standard InChI is InChI=1S/C48H30N4/c49-31-32-23-25-35(26-24-32)46-50-47(44-22-12-7-17-36(44)33-13-3-1-4-14-33)52-48(51-46)45-30-29-43(40-20-10-11-21-41(40)45)42-28-27-37(34-15-5-2-6-16-34)38-18-8-9-19-39(38)42/h1-30H. The Hall–Kier alpha value is -7.22. The fourth-order valence-electron chi connectivity index (χ4n) is 7.12. The minimum Gasteiger partial charge on any atom is -0.208 e. The van der Waals surface area contributed by atoms with Crippen LogP contribution in [0.25, 0.3) is 89.1 Å². The summed E-state index contributed by atoms with van der Waals surface area (Å²) >= 11 is 0. The highest BCUT2D eigenvalue weighted by atomic mass is 15.0. The first-order valence-electron chi connectivity index (χ1n) is 17.3. The van der Waals surface area contributed by atoms with Crippen LogP contribution in [-0.2, 0) is 0 Å². The van der Waals surface area contributed by atoms with E-state index in [1.165, 1.54) is 27.5 Å². The van der Waals surface area contributed by atoms with Crippen LogP contribution in [0.2, 0.25) is 0 Å². The molecule has 0 aliphatic rings. The Kier molecular flexibility index (Phi) is 7.85. The van der Waals surface area contributed by atoms with Gasteiger partial charge < -0.3 is 0 Å². The lowest BCUT2D eigenvalue weighted by molar-refractivity contribution is 1.08. The number of nitriles is 1. The number of hydrogen-bond acceptors (Lipinski definition) is 4. The maximum absolute atomic E-state index is 9.46. The van der Waals surface area contributed by atoms with Gasteiger partial charge >= 0.3 is 0 Å². The molecular weight excluding hydrogens is 633 g/mol. The Bertz CT molecular complexity index is 2780. The molecule has 4 heteroatoms. The van der Waals surface area contributed by atoms with Gasteiger partial charge in [-0.2, -0.15) is 5.26 Å². The van der Waals surface area contributed by atoms with Gasteiger partial charge in [0.25, 0.3) is 0 Å². The van der Waals surface area contributed by atoms with E-state index < -0.39 is 0 Å². The van der Waals surface area contributed by atoms with E-state index in [9.17, 15) is 5.26 Å². The zero-order valence-electron chi connectivity index (χ0n) is 28.1. The molecule has 0 saturated carbocycles. The summed E-state index contributed by atoms with van der Waals surface area (Å²) in [6.07, 6.45) is 0. The molecule has 52 heavy (non-hydrogen) atoms. The summed E-state index contributed by atoms with van der Waals surface area (Å²) in [6, 6.07) is 64.7. The Balaban J connectivity index is 1.25. The third kappa shape index (κ3) is 5.57. The van der Waals surface area contributed by atoms with E-state index in [-0.39, 0.29) is 0 Å². The highest BCUT2D eigenvalue weighted by molar-refractivity contribution is 6.11. The van der Waals surface area contributed by atoms with E-state index in [0.29, 0.717) is 23.0 Å². The predicted octanol–water partition coefficient (Wildman–Crippen LogP) is 12.1. The molecule has 0 aliphatic carbocycles. The number of fused-ring (bicyclic) bond motifs is 2.